The van der Waals surface area contributed by atoms with Crippen molar-refractivity contribution in [1.82, 2.24) is 14.9 Å². The highest BCUT2D eigenvalue weighted by Gasteiger charge is 2.14. The molecule has 1 saturated heterocycles. The second-order valence-electron chi connectivity index (χ2n) is 8.03. The van der Waals surface area contributed by atoms with Crippen molar-refractivity contribution in [2.24, 2.45) is 4.99 Å². The Morgan fingerprint density at radius 1 is 0.969 bits per heavy atom. The van der Waals surface area contributed by atoms with Crippen molar-refractivity contribution in [3.05, 3.63) is 66.5 Å². The maximum atomic E-state index is 4.73. The molecule has 1 aliphatic heterocycles. The van der Waals surface area contributed by atoms with Gasteiger partial charge in [0, 0.05) is 49.7 Å². The van der Waals surface area contributed by atoms with Crippen LogP contribution in [-0.4, -0.2) is 53.9 Å². The maximum Gasteiger partial charge on any atom is 0.227 e. The SMILES string of the molecule is CCC(=Nc1cnc(Nc2ccc(N3CCN(C)CC3)cc2)nc1C)Nc1ccccc1. The molecule has 0 saturated carbocycles. The molecule has 2 N–H and O–H groups in total. The van der Waals surface area contributed by atoms with Crippen LogP contribution in [0.1, 0.15) is 19.0 Å². The summed E-state index contributed by atoms with van der Waals surface area (Å²) in [6.45, 7) is 8.36. The number of para-hydroxylation sites is 1. The summed E-state index contributed by atoms with van der Waals surface area (Å²) in [4.78, 5) is 18.6. The average molecular weight is 430 g/mol. The van der Waals surface area contributed by atoms with Gasteiger partial charge in [0.15, 0.2) is 0 Å². The van der Waals surface area contributed by atoms with Gasteiger partial charge >= 0.3 is 0 Å². The van der Waals surface area contributed by atoms with Crippen LogP contribution >= 0.6 is 0 Å². The number of aromatic nitrogens is 2. The van der Waals surface area contributed by atoms with Gasteiger partial charge in [0.25, 0.3) is 0 Å². The Morgan fingerprint density at radius 2 is 1.69 bits per heavy atom. The first-order valence-electron chi connectivity index (χ1n) is 11.1. The molecule has 1 aromatic heterocycles. The molecule has 0 unspecified atom stereocenters. The molecule has 1 aliphatic rings. The van der Waals surface area contributed by atoms with Crippen LogP contribution in [0.5, 0.6) is 0 Å². The molecule has 166 valence electrons. The largest absolute Gasteiger partial charge is 0.369 e. The Labute approximate surface area is 190 Å². The highest BCUT2D eigenvalue weighted by molar-refractivity contribution is 5.96. The molecule has 7 heteroatoms. The van der Waals surface area contributed by atoms with Crippen LogP contribution in [0.2, 0.25) is 0 Å². The van der Waals surface area contributed by atoms with Crippen molar-refractivity contribution in [3.8, 4) is 0 Å². The molecule has 0 aliphatic carbocycles. The van der Waals surface area contributed by atoms with Crippen LogP contribution in [0.25, 0.3) is 0 Å². The minimum absolute atomic E-state index is 0.572. The van der Waals surface area contributed by atoms with Crippen molar-refractivity contribution < 1.29 is 0 Å². The van der Waals surface area contributed by atoms with E-state index in [0.29, 0.717) is 5.95 Å². The van der Waals surface area contributed by atoms with Crippen LogP contribution < -0.4 is 15.5 Å². The van der Waals surface area contributed by atoms with E-state index >= 15 is 0 Å². The van der Waals surface area contributed by atoms with E-state index in [9.17, 15) is 0 Å². The lowest BCUT2D eigenvalue weighted by Gasteiger charge is -2.34. The van der Waals surface area contributed by atoms with E-state index in [1.807, 2.05) is 37.3 Å². The van der Waals surface area contributed by atoms with Crippen molar-refractivity contribution in [2.45, 2.75) is 20.3 Å². The number of nitrogens with zero attached hydrogens (tertiary/aromatic N) is 5. The molecule has 7 nitrogen and oxygen atoms in total. The van der Waals surface area contributed by atoms with E-state index in [1.54, 1.807) is 6.20 Å². The van der Waals surface area contributed by atoms with Gasteiger partial charge in [-0.15, -0.1) is 0 Å². The lowest BCUT2D eigenvalue weighted by Crippen LogP contribution is -2.44. The molecule has 1 fully saturated rings. The topological polar surface area (TPSA) is 68.7 Å². The predicted octanol–water partition coefficient (Wildman–Crippen LogP) is 4.83. The fourth-order valence-corrected chi connectivity index (χ4v) is 3.61. The van der Waals surface area contributed by atoms with Gasteiger partial charge in [-0.3, -0.25) is 0 Å². The Bertz CT molecular complexity index is 1040. The number of benzene rings is 2. The fraction of sp³-hybridized carbons (Fsp3) is 0.320. The molecule has 4 rings (SSSR count). The van der Waals surface area contributed by atoms with Crippen molar-refractivity contribution in [2.75, 3.05) is 48.8 Å². The second kappa shape index (κ2) is 10.2. The number of anilines is 4. The molecule has 0 bridgehead atoms. The molecular formula is C25H31N7. The number of piperazine rings is 1. The first kappa shape index (κ1) is 21.8. The molecule has 0 atom stereocenters. The lowest BCUT2D eigenvalue weighted by atomic mass is 10.2. The lowest BCUT2D eigenvalue weighted by molar-refractivity contribution is 0.313. The van der Waals surface area contributed by atoms with E-state index in [0.717, 1.165) is 61.2 Å². The summed E-state index contributed by atoms with van der Waals surface area (Å²) in [6.07, 6.45) is 2.56. The van der Waals surface area contributed by atoms with Gasteiger partial charge < -0.3 is 20.4 Å². The predicted molar refractivity (Wildman–Crippen MR) is 134 cm³/mol. The first-order chi connectivity index (χ1) is 15.6. The summed E-state index contributed by atoms with van der Waals surface area (Å²) in [5.41, 5.74) is 4.84. The van der Waals surface area contributed by atoms with E-state index < -0.39 is 0 Å². The maximum absolute atomic E-state index is 4.73. The van der Waals surface area contributed by atoms with Gasteiger partial charge in [0.05, 0.1) is 11.9 Å². The number of hydrogen-bond donors (Lipinski definition) is 2. The van der Waals surface area contributed by atoms with Crippen molar-refractivity contribution in [1.29, 1.82) is 0 Å². The minimum atomic E-state index is 0.572. The summed E-state index contributed by atoms with van der Waals surface area (Å²) < 4.78 is 0. The summed E-state index contributed by atoms with van der Waals surface area (Å²) in [6, 6.07) is 18.5. The number of likely N-dealkylation sites (N-methyl/N-ethyl adjacent to an activating group) is 1. The van der Waals surface area contributed by atoms with Crippen LogP contribution in [0.3, 0.4) is 0 Å². The van der Waals surface area contributed by atoms with E-state index in [-0.39, 0.29) is 0 Å². The van der Waals surface area contributed by atoms with Crippen LogP contribution in [0.15, 0.2) is 65.8 Å². The van der Waals surface area contributed by atoms with Crippen LogP contribution in [0.4, 0.5) is 28.7 Å². The summed E-state index contributed by atoms with van der Waals surface area (Å²) in [5.74, 6) is 1.45. The molecule has 0 spiro atoms. The first-order valence-corrected chi connectivity index (χ1v) is 11.1. The highest BCUT2D eigenvalue weighted by Crippen LogP contribution is 2.23. The third-order valence-electron chi connectivity index (χ3n) is 5.60. The molecule has 2 aromatic carbocycles. The Kier molecular flexibility index (Phi) is 6.97. The number of aliphatic imine (C=N–C) groups is 1. The number of rotatable bonds is 6. The Hall–Kier alpha value is -3.45. The quantitative estimate of drug-likeness (QED) is 0.432. The van der Waals surface area contributed by atoms with Crippen LogP contribution in [-0.2, 0) is 0 Å². The van der Waals surface area contributed by atoms with Gasteiger partial charge in [-0.2, -0.15) is 0 Å². The van der Waals surface area contributed by atoms with Gasteiger partial charge in [-0.1, -0.05) is 25.1 Å². The third kappa shape index (κ3) is 5.62. The second-order valence-corrected chi connectivity index (χ2v) is 8.03. The number of nitrogens with one attached hydrogen (secondary N) is 2. The molecule has 2 heterocycles. The zero-order valence-corrected chi connectivity index (χ0v) is 19.0. The summed E-state index contributed by atoms with van der Waals surface area (Å²) in [7, 11) is 2.17. The number of hydrogen-bond acceptors (Lipinski definition) is 6. The fourth-order valence-electron chi connectivity index (χ4n) is 3.61. The van der Waals surface area contributed by atoms with Gasteiger partial charge in [0.2, 0.25) is 5.95 Å². The van der Waals surface area contributed by atoms with Gasteiger partial charge in [-0.25, -0.2) is 15.0 Å². The zero-order chi connectivity index (χ0) is 22.3. The van der Waals surface area contributed by atoms with Crippen molar-refractivity contribution >= 4 is 34.5 Å². The van der Waals surface area contributed by atoms with Gasteiger partial charge in [-0.05, 0) is 50.4 Å². The molecule has 32 heavy (non-hydrogen) atoms. The molecule has 0 radical (unpaired) electrons. The normalized spacial score (nSPS) is 15.0. The van der Waals surface area contributed by atoms with Crippen molar-refractivity contribution in [3.63, 3.8) is 0 Å². The third-order valence-corrected chi connectivity index (χ3v) is 5.60. The standard InChI is InChI=1S/C25H31N7/c1-4-24(28-20-8-6-5-7-9-20)30-23-18-26-25(27-19(23)2)29-21-10-12-22(13-11-21)32-16-14-31(3)15-17-32/h5-13,18H,4,14-17H2,1-3H3,(H,28,30)(H,26,27,29). The van der Waals surface area contributed by atoms with E-state index in [2.05, 4.69) is 68.6 Å². The average Bonchev–Trinajstić information content (AvgIpc) is 2.82. The van der Waals surface area contributed by atoms with Gasteiger partial charge in [0.1, 0.15) is 11.5 Å². The van der Waals surface area contributed by atoms with E-state index in [1.165, 1.54) is 5.69 Å². The van der Waals surface area contributed by atoms with E-state index in [4.69, 9.17) is 4.99 Å². The minimum Gasteiger partial charge on any atom is -0.369 e. The number of aryl methyl sites for hydroxylation is 1. The smallest absolute Gasteiger partial charge is 0.227 e. The Morgan fingerprint density at radius 3 is 2.34 bits per heavy atom. The molecular weight excluding hydrogens is 398 g/mol. The molecule has 0 amide bonds. The number of amidine groups is 1. The van der Waals surface area contributed by atoms with Crippen LogP contribution in [0, 0.1) is 6.92 Å². The highest BCUT2D eigenvalue weighted by atomic mass is 15.2. The zero-order valence-electron chi connectivity index (χ0n) is 19.0. The Balaban J connectivity index is 1.41. The monoisotopic (exact) mass is 429 g/mol. The summed E-state index contributed by atoms with van der Waals surface area (Å²) in [5, 5.41) is 6.67. The summed E-state index contributed by atoms with van der Waals surface area (Å²) >= 11 is 0. The molecule has 3 aromatic rings.